The zero-order chi connectivity index (χ0) is 21.8. The molecule has 1 heterocycles. The minimum Gasteiger partial charge on any atom is -0.451 e. The first kappa shape index (κ1) is 20.3. The van der Waals surface area contributed by atoms with E-state index in [4.69, 9.17) is 4.74 Å². The largest absolute Gasteiger partial charge is 0.451 e. The molecular formula is C24H22N4O3. The second-order valence-electron chi connectivity index (χ2n) is 7.19. The second kappa shape index (κ2) is 8.79. The highest BCUT2D eigenvalue weighted by Gasteiger charge is 2.20. The second-order valence-corrected chi connectivity index (χ2v) is 7.19. The van der Waals surface area contributed by atoms with Crippen LogP contribution in [-0.4, -0.2) is 33.5 Å². The Bertz CT molecular complexity index is 1230. The van der Waals surface area contributed by atoms with Gasteiger partial charge in [0.25, 0.3) is 5.91 Å². The average molecular weight is 414 g/mol. The van der Waals surface area contributed by atoms with E-state index in [1.807, 2.05) is 79.7 Å². The predicted molar refractivity (Wildman–Crippen MR) is 117 cm³/mol. The lowest BCUT2D eigenvalue weighted by Gasteiger charge is -2.16. The van der Waals surface area contributed by atoms with Gasteiger partial charge in [-0.3, -0.25) is 4.79 Å². The first-order chi connectivity index (χ1) is 15.0. The molecule has 0 spiro atoms. The minimum absolute atomic E-state index is 0.0822. The number of esters is 1. The smallest absolute Gasteiger partial charge is 0.361 e. The number of aryl methyl sites for hydroxylation is 1. The van der Waals surface area contributed by atoms with Crippen molar-refractivity contribution >= 4 is 22.6 Å². The van der Waals surface area contributed by atoms with Crippen LogP contribution in [0.2, 0.25) is 0 Å². The maximum Gasteiger partial charge on any atom is 0.361 e. The Balaban J connectivity index is 1.39. The van der Waals surface area contributed by atoms with Crippen molar-refractivity contribution in [3.05, 3.63) is 89.7 Å². The fourth-order valence-electron chi connectivity index (χ4n) is 3.43. The lowest BCUT2D eigenvalue weighted by Crippen LogP contribution is -2.31. The first-order valence-corrected chi connectivity index (χ1v) is 9.96. The lowest BCUT2D eigenvalue weighted by atomic mass is 10.00. The molecule has 0 unspecified atom stereocenters. The van der Waals surface area contributed by atoms with Gasteiger partial charge >= 0.3 is 5.97 Å². The van der Waals surface area contributed by atoms with Crippen LogP contribution >= 0.6 is 0 Å². The molecule has 0 aliphatic rings. The summed E-state index contributed by atoms with van der Waals surface area (Å²) in [6, 6.07) is 23.0. The monoisotopic (exact) mass is 414 g/mol. The van der Waals surface area contributed by atoms with Crippen molar-refractivity contribution < 1.29 is 14.3 Å². The van der Waals surface area contributed by atoms with Gasteiger partial charge in [-0.25, -0.2) is 4.79 Å². The van der Waals surface area contributed by atoms with E-state index in [2.05, 4.69) is 15.5 Å². The summed E-state index contributed by atoms with van der Waals surface area (Å²) in [7, 11) is 0. The summed E-state index contributed by atoms with van der Waals surface area (Å²) >= 11 is 0. The lowest BCUT2D eigenvalue weighted by molar-refractivity contribution is -0.124. The zero-order valence-electron chi connectivity index (χ0n) is 17.3. The van der Waals surface area contributed by atoms with E-state index in [1.165, 1.54) is 4.80 Å². The van der Waals surface area contributed by atoms with E-state index in [1.54, 1.807) is 6.92 Å². The zero-order valence-corrected chi connectivity index (χ0v) is 17.3. The third kappa shape index (κ3) is 4.45. The number of ether oxygens (including phenoxy) is 1. The summed E-state index contributed by atoms with van der Waals surface area (Å²) in [5.74, 6) is -1.07. The molecule has 156 valence electrons. The van der Waals surface area contributed by atoms with Crippen LogP contribution in [0.5, 0.6) is 0 Å². The minimum atomic E-state index is -0.687. The van der Waals surface area contributed by atoms with Crippen molar-refractivity contribution in [1.29, 1.82) is 0 Å². The van der Waals surface area contributed by atoms with Gasteiger partial charge in [0.05, 0.1) is 17.4 Å². The molecule has 7 heteroatoms. The molecule has 4 rings (SSSR count). The maximum atomic E-state index is 12.4. The molecule has 0 saturated carbocycles. The number of aromatic nitrogens is 3. The number of carbonyl (C=O) groups is 2. The highest BCUT2D eigenvalue weighted by atomic mass is 16.5. The van der Waals surface area contributed by atoms with E-state index < -0.39 is 12.6 Å². The molecule has 0 bridgehead atoms. The van der Waals surface area contributed by atoms with Gasteiger partial charge in [0.2, 0.25) is 0 Å². The molecule has 31 heavy (non-hydrogen) atoms. The molecule has 0 saturated heterocycles. The van der Waals surface area contributed by atoms with Gasteiger partial charge in [-0.15, -0.1) is 5.10 Å². The van der Waals surface area contributed by atoms with Crippen LogP contribution in [0, 0.1) is 6.92 Å². The van der Waals surface area contributed by atoms with Crippen LogP contribution in [0.3, 0.4) is 0 Å². The van der Waals surface area contributed by atoms with Gasteiger partial charge in [-0.2, -0.15) is 9.90 Å². The molecule has 1 N–H and O–H groups in total. The molecule has 1 aromatic heterocycles. The summed E-state index contributed by atoms with van der Waals surface area (Å²) in [4.78, 5) is 26.2. The number of carbonyl (C=O) groups excluding carboxylic acids is 2. The topological polar surface area (TPSA) is 86.1 Å². The number of para-hydroxylation sites is 1. The van der Waals surface area contributed by atoms with Gasteiger partial charge in [-0.1, -0.05) is 60.7 Å². The van der Waals surface area contributed by atoms with Crippen LogP contribution in [0.1, 0.15) is 34.7 Å². The van der Waals surface area contributed by atoms with Crippen molar-refractivity contribution in [2.24, 2.45) is 0 Å². The highest BCUT2D eigenvalue weighted by molar-refractivity contribution is 5.91. The SMILES string of the molecule is Cc1nn(-c2ccccc2)nc1C(=O)OCC(=O)N[C@@H](C)c1cccc2ccccc12. The van der Waals surface area contributed by atoms with Crippen molar-refractivity contribution in [2.45, 2.75) is 19.9 Å². The predicted octanol–water partition coefficient (Wildman–Crippen LogP) is 3.76. The molecule has 1 amide bonds. The Hall–Kier alpha value is -4.00. The number of fused-ring (bicyclic) bond motifs is 1. The van der Waals surface area contributed by atoms with Gasteiger partial charge in [0.15, 0.2) is 12.3 Å². The van der Waals surface area contributed by atoms with E-state index in [0.717, 1.165) is 22.0 Å². The number of nitrogens with one attached hydrogen (secondary N) is 1. The quantitative estimate of drug-likeness (QED) is 0.486. The number of rotatable bonds is 6. The van der Waals surface area contributed by atoms with Crippen LogP contribution in [0.4, 0.5) is 0 Å². The van der Waals surface area contributed by atoms with Gasteiger partial charge in [0.1, 0.15) is 0 Å². The van der Waals surface area contributed by atoms with Gasteiger partial charge in [0, 0.05) is 0 Å². The Morgan fingerprint density at radius 2 is 1.68 bits per heavy atom. The molecular weight excluding hydrogens is 392 g/mol. The Morgan fingerprint density at radius 3 is 2.48 bits per heavy atom. The fourth-order valence-corrected chi connectivity index (χ4v) is 3.43. The van der Waals surface area contributed by atoms with Gasteiger partial charge in [-0.05, 0) is 42.3 Å². The van der Waals surface area contributed by atoms with Crippen molar-refractivity contribution in [3.63, 3.8) is 0 Å². The van der Waals surface area contributed by atoms with Gasteiger partial charge < -0.3 is 10.1 Å². The van der Waals surface area contributed by atoms with Crippen LogP contribution in [0.25, 0.3) is 16.5 Å². The molecule has 4 aromatic rings. The van der Waals surface area contributed by atoms with Crippen LogP contribution in [-0.2, 0) is 9.53 Å². The van der Waals surface area contributed by atoms with Crippen molar-refractivity contribution in [2.75, 3.05) is 6.61 Å². The van der Waals surface area contributed by atoms with Crippen molar-refractivity contribution in [3.8, 4) is 5.69 Å². The van der Waals surface area contributed by atoms with E-state index in [9.17, 15) is 9.59 Å². The molecule has 3 aromatic carbocycles. The van der Waals surface area contributed by atoms with E-state index in [0.29, 0.717) is 5.69 Å². The molecule has 0 aliphatic heterocycles. The highest BCUT2D eigenvalue weighted by Crippen LogP contribution is 2.24. The summed E-state index contributed by atoms with van der Waals surface area (Å²) in [6.07, 6.45) is 0. The fraction of sp³-hybridized carbons (Fsp3) is 0.167. The number of hydrogen-bond donors (Lipinski definition) is 1. The third-order valence-electron chi connectivity index (χ3n) is 4.96. The number of nitrogens with zero attached hydrogens (tertiary/aromatic N) is 3. The standard InChI is InChI=1S/C24H22N4O3/c1-16(20-14-8-10-18-9-6-7-13-21(18)20)25-22(29)15-31-24(30)23-17(2)26-28(27-23)19-11-4-3-5-12-19/h3-14,16H,15H2,1-2H3,(H,25,29)/t16-/m0/s1. The number of amides is 1. The summed E-state index contributed by atoms with van der Waals surface area (Å²) in [5.41, 5.74) is 2.24. The summed E-state index contributed by atoms with van der Waals surface area (Å²) in [5, 5.41) is 13.5. The summed E-state index contributed by atoms with van der Waals surface area (Å²) < 4.78 is 5.18. The van der Waals surface area contributed by atoms with Crippen molar-refractivity contribution in [1.82, 2.24) is 20.3 Å². The number of benzene rings is 3. The summed E-state index contributed by atoms with van der Waals surface area (Å²) in [6.45, 7) is 3.17. The van der Waals surface area contributed by atoms with Crippen LogP contribution in [0.15, 0.2) is 72.8 Å². The Kier molecular flexibility index (Phi) is 5.75. The van der Waals surface area contributed by atoms with E-state index in [-0.39, 0.29) is 17.6 Å². The number of hydrogen-bond acceptors (Lipinski definition) is 5. The molecule has 0 aliphatic carbocycles. The first-order valence-electron chi connectivity index (χ1n) is 9.96. The Morgan fingerprint density at radius 1 is 0.968 bits per heavy atom. The molecule has 0 fully saturated rings. The molecule has 1 atom stereocenters. The van der Waals surface area contributed by atoms with Crippen LogP contribution < -0.4 is 5.32 Å². The molecule has 0 radical (unpaired) electrons. The molecule has 7 nitrogen and oxygen atoms in total. The van der Waals surface area contributed by atoms with E-state index >= 15 is 0 Å². The normalized spacial score (nSPS) is 11.8. The average Bonchev–Trinajstić information content (AvgIpc) is 3.19. The Labute approximate surface area is 179 Å². The third-order valence-corrected chi connectivity index (χ3v) is 4.96. The maximum absolute atomic E-state index is 12.4.